The maximum absolute atomic E-state index is 12.8. The van der Waals surface area contributed by atoms with E-state index in [1.54, 1.807) is 13.3 Å². The van der Waals surface area contributed by atoms with E-state index in [1.165, 1.54) is 0 Å². The summed E-state index contributed by atoms with van der Waals surface area (Å²) in [5.41, 5.74) is 3.47. The summed E-state index contributed by atoms with van der Waals surface area (Å²) >= 11 is 0. The molecule has 7 heteroatoms. The fraction of sp³-hybridized carbons (Fsp3) is 0.556. The van der Waals surface area contributed by atoms with Crippen LogP contribution in [-0.4, -0.2) is 52.1 Å². The molecule has 2 unspecified atom stereocenters. The monoisotopic (exact) mass is 341 g/mol. The summed E-state index contributed by atoms with van der Waals surface area (Å²) in [4.78, 5) is 25.9. The van der Waals surface area contributed by atoms with Gasteiger partial charge in [0.1, 0.15) is 23.5 Å². The minimum absolute atomic E-state index is 0.0475. The van der Waals surface area contributed by atoms with Gasteiger partial charge < -0.3 is 14.3 Å². The van der Waals surface area contributed by atoms with Crippen LogP contribution in [0.3, 0.4) is 0 Å². The normalized spacial score (nSPS) is 22.6. The molecule has 0 N–H and O–H groups in total. The van der Waals surface area contributed by atoms with Crippen molar-refractivity contribution in [2.24, 2.45) is 11.8 Å². The van der Waals surface area contributed by atoms with Gasteiger partial charge in [-0.15, -0.1) is 0 Å². The molecule has 0 aromatic carbocycles. The van der Waals surface area contributed by atoms with Gasteiger partial charge in [0.15, 0.2) is 0 Å². The molecule has 2 saturated heterocycles. The van der Waals surface area contributed by atoms with Crippen LogP contribution in [0.25, 0.3) is 0 Å². The number of rotatable bonds is 2. The van der Waals surface area contributed by atoms with Gasteiger partial charge in [0.2, 0.25) is 0 Å². The quantitative estimate of drug-likeness (QED) is 0.830. The van der Waals surface area contributed by atoms with E-state index in [1.807, 2.05) is 18.7 Å². The van der Waals surface area contributed by atoms with Crippen molar-refractivity contribution in [2.75, 3.05) is 31.1 Å². The number of aromatic nitrogens is 3. The molecular weight excluding hydrogens is 318 g/mol. The minimum Gasteiger partial charge on any atom is -0.361 e. The number of hydrogen-bond donors (Lipinski definition) is 0. The molecule has 0 spiro atoms. The molecule has 132 valence electrons. The maximum Gasteiger partial charge on any atom is 0.259 e. The number of likely N-dealkylation sites (tertiary alicyclic amines) is 1. The van der Waals surface area contributed by atoms with Crippen molar-refractivity contribution in [2.45, 2.75) is 27.7 Å². The minimum atomic E-state index is 0.0475. The summed E-state index contributed by atoms with van der Waals surface area (Å²) < 4.78 is 5.15. The van der Waals surface area contributed by atoms with Crippen molar-refractivity contribution in [1.82, 2.24) is 20.0 Å². The topological polar surface area (TPSA) is 75.4 Å². The number of carbonyl (C=O) groups excluding carboxylic acids is 1. The summed E-state index contributed by atoms with van der Waals surface area (Å²) in [6.07, 6.45) is 1.64. The average Bonchev–Trinajstić information content (AvgIpc) is 3.23. The maximum atomic E-state index is 12.8. The molecule has 4 heterocycles. The van der Waals surface area contributed by atoms with Crippen LogP contribution in [0.15, 0.2) is 10.9 Å². The van der Waals surface area contributed by atoms with Crippen LogP contribution >= 0.6 is 0 Å². The largest absolute Gasteiger partial charge is 0.361 e. The summed E-state index contributed by atoms with van der Waals surface area (Å²) in [7, 11) is 0. The molecule has 2 fully saturated rings. The first-order chi connectivity index (χ1) is 12.0. The fourth-order valence-corrected chi connectivity index (χ4v) is 4.12. The Balaban J connectivity index is 1.48. The molecule has 2 aliphatic rings. The molecule has 2 aliphatic heterocycles. The van der Waals surface area contributed by atoms with E-state index in [0.717, 1.165) is 43.3 Å². The van der Waals surface area contributed by atoms with Gasteiger partial charge in [0.25, 0.3) is 5.91 Å². The second-order valence-corrected chi connectivity index (χ2v) is 7.24. The van der Waals surface area contributed by atoms with E-state index < -0.39 is 0 Å². The Morgan fingerprint density at radius 1 is 1.04 bits per heavy atom. The van der Waals surface area contributed by atoms with Crippen molar-refractivity contribution in [1.29, 1.82) is 0 Å². The Labute approximate surface area is 147 Å². The summed E-state index contributed by atoms with van der Waals surface area (Å²) in [6, 6.07) is 0. The molecule has 4 rings (SSSR count). The molecule has 2 aromatic heterocycles. The number of anilines is 1. The molecule has 0 radical (unpaired) electrons. The highest BCUT2D eigenvalue weighted by molar-refractivity contribution is 5.96. The van der Waals surface area contributed by atoms with E-state index in [-0.39, 0.29) is 5.91 Å². The van der Waals surface area contributed by atoms with E-state index in [4.69, 9.17) is 4.52 Å². The molecule has 2 atom stereocenters. The Kier molecular flexibility index (Phi) is 3.74. The lowest BCUT2D eigenvalue weighted by molar-refractivity contribution is 0.0780. The molecule has 2 aromatic rings. The highest BCUT2D eigenvalue weighted by Gasteiger charge is 2.43. The van der Waals surface area contributed by atoms with Crippen LogP contribution in [0.5, 0.6) is 0 Å². The van der Waals surface area contributed by atoms with Gasteiger partial charge in [-0.3, -0.25) is 4.79 Å². The third-order valence-corrected chi connectivity index (χ3v) is 5.63. The van der Waals surface area contributed by atoms with Gasteiger partial charge >= 0.3 is 0 Å². The summed E-state index contributed by atoms with van der Waals surface area (Å²) in [5.74, 6) is 2.66. The second-order valence-electron chi connectivity index (χ2n) is 7.24. The van der Waals surface area contributed by atoms with Crippen LogP contribution in [0, 0.1) is 39.5 Å². The van der Waals surface area contributed by atoms with Crippen LogP contribution in [0.4, 0.5) is 5.82 Å². The fourth-order valence-electron chi connectivity index (χ4n) is 4.12. The lowest BCUT2D eigenvalue weighted by atomic mass is 10.0. The summed E-state index contributed by atoms with van der Waals surface area (Å²) in [5, 5.41) is 3.91. The zero-order valence-corrected chi connectivity index (χ0v) is 15.1. The zero-order valence-electron chi connectivity index (χ0n) is 15.1. The Morgan fingerprint density at radius 3 is 2.32 bits per heavy atom. The second kappa shape index (κ2) is 5.82. The predicted molar refractivity (Wildman–Crippen MR) is 92.6 cm³/mol. The number of aryl methyl sites for hydroxylation is 3. The van der Waals surface area contributed by atoms with Gasteiger partial charge in [0, 0.05) is 49.3 Å². The molecule has 0 bridgehead atoms. The first-order valence-corrected chi connectivity index (χ1v) is 8.71. The Hall–Kier alpha value is -2.44. The third kappa shape index (κ3) is 2.58. The third-order valence-electron chi connectivity index (χ3n) is 5.63. The SMILES string of the molecule is Cc1ncnc(N2CC3CN(C(=O)c4c(C)noc4C)CC3C2)c1C. The highest BCUT2D eigenvalue weighted by atomic mass is 16.5. The van der Waals surface area contributed by atoms with Crippen molar-refractivity contribution in [3.05, 3.63) is 34.6 Å². The smallest absolute Gasteiger partial charge is 0.259 e. The van der Waals surface area contributed by atoms with Crippen molar-refractivity contribution in [3.8, 4) is 0 Å². The van der Waals surface area contributed by atoms with Gasteiger partial charge in [-0.25, -0.2) is 9.97 Å². The highest BCUT2D eigenvalue weighted by Crippen LogP contribution is 2.35. The van der Waals surface area contributed by atoms with Crippen LogP contribution in [0.1, 0.15) is 33.1 Å². The molecule has 1 amide bonds. The number of nitrogens with zero attached hydrogens (tertiary/aromatic N) is 5. The van der Waals surface area contributed by atoms with E-state index in [9.17, 15) is 4.79 Å². The number of hydrogen-bond acceptors (Lipinski definition) is 6. The lowest BCUT2D eigenvalue weighted by Gasteiger charge is -2.23. The van der Waals surface area contributed by atoms with Gasteiger partial charge in [-0.05, 0) is 27.7 Å². The first kappa shape index (κ1) is 16.1. The number of amides is 1. The Bertz CT molecular complexity index is 797. The van der Waals surface area contributed by atoms with Crippen molar-refractivity contribution in [3.63, 3.8) is 0 Å². The van der Waals surface area contributed by atoms with E-state index in [2.05, 4.69) is 26.9 Å². The van der Waals surface area contributed by atoms with Crippen LogP contribution in [0.2, 0.25) is 0 Å². The molecular formula is C18H23N5O2. The van der Waals surface area contributed by atoms with Gasteiger partial charge in [-0.2, -0.15) is 0 Å². The number of carbonyl (C=O) groups is 1. The van der Waals surface area contributed by atoms with Crippen molar-refractivity contribution < 1.29 is 9.32 Å². The van der Waals surface area contributed by atoms with Crippen LogP contribution < -0.4 is 4.90 Å². The van der Waals surface area contributed by atoms with Crippen LogP contribution in [-0.2, 0) is 0 Å². The molecule has 7 nitrogen and oxygen atoms in total. The molecule has 0 saturated carbocycles. The van der Waals surface area contributed by atoms with Crippen molar-refractivity contribution >= 4 is 11.7 Å². The zero-order chi connectivity index (χ0) is 17.7. The predicted octanol–water partition coefficient (Wildman–Crippen LogP) is 1.91. The van der Waals surface area contributed by atoms with Gasteiger partial charge in [0.05, 0.1) is 5.69 Å². The Morgan fingerprint density at radius 2 is 1.72 bits per heavy atom. The van der Waals surface area contributed by atoms with Gasteiger partial charge in [-0.1, -0.05) is 5.16 Å². The molecule has 0 aliphatic carbocycles. The van der Waals surface area contributed by atoms with E-state index >= 15 is 0 Å². The number of fused-ring (bicyclic) bond motifs is 1. The first-order valence-electron chi connectivity index (χ1n) is 8.71. The average molecular weight is 341 g/mol. The molecule has 25 heavy (non-hydrogen) atoms. The summed E-state index contributed by atoms with van der Waals surface area (Å²) in [6.45, 7) is 11.2. The van der Waals surface area contributed by atoms with E-state index in [0.29, 0.717) is 28.9 Å². The standard InChI is InChI=1S/C18H23N5O2/c1-10-11(2)19-9-20-17(10)22-5-14-7-23(8-15(14)6-22)18(24)16-12(3)21-25-13(16)4/h9,14-15H,5-8H2,1-4H3. The lowest BCUT2D eigenvalue weighted by Crippen LogP contribution is -2.34.